The first kappa shape index (κ1) is 32.8. The highest BCUT2D eigenvalue weighted by Gasteiger charge is 2.59. The molecule has 0 amide bonds. The molecule has 2 N–H and O–H groups in total. The predicted octanol–water partition coefficient (Wildman–Crippen LogP) is 6.00. The van der Waals surface area contributed by atoms with E-state index >= 15 is 0 Å². The molecule has 1 saturated heterocycles. The van der Waals surface area contributed by atoms with Crippen LogP contribution in [0.1, 0.15) is 48.3 Å². The summed E-state index contributed by atoms with van der Waals surface area (Å²) in [5, 5.41) is 22.3. The Bertz CT molecular complexity index is 1420. The fraction of sp³-hybridized carbons (Fsp3) is 0.417. The summed E-state index contributed by atoms with van der Waals surface area (Å²) in [5.41, 5.74) is 1.49. The monoisotopic (exact) mass is 632 g/mol. The van der Waals surface area contributed by atoms with Gasteiger partial charge in [0, 0.05) is 42.2 Å². The normalized spacial score (nSPS) is 23.9. The minimum atomic E-state index is -1.59. The van der Waals surface area contributed by atoms with Gasteiger partial charge in [-0.1, -0.05) is 84.4 Å². The lowest BCUT2D eigenvalue weighted by Crippen LogP contribution is -2.56. The summed E-state index contributed by atoms with van der Waals surface area (Å²) in [5.74, 6) is -4.38. The lowest BCUT2D eigenvalue weighted by molar-refractivity contribution is -0.158. The van der Waals surface area contributed by atoms with Crippen LogP contribution in [0, 0.1) is 11.3 Å². The first-order valence-corrected chi connectivity index (χ1v) is 15.9. The lowest BCUT2D eigenvalue weighted by Gasteiger charge is -2.48. The Morgan fingerprint density at radius 2 is 1.64 bits per heavy atom. The number of carboxylic acid groups (broad SMARTS) is 2. The smallest absolute Gasteiger partial charge is 0.312 e. The number of carbonyl (C=O) groups is 2. The minimum absolute atomic E-state index is 0.0543. The first-order valence-electron chi connectivity index (χ1n) is 15.5. The van der Waals surface area contributed by atoms with Gasteiger partial charge in [0.1, 0.15) is 11.3 Å². The number of aliphatic carboxylic acids is 2. The van der Waals surface area contributed by atoms with Crippen molar-refractivity contribution in [1.82, 2.24) is 4.90 Å². The number of morpholine rings is 1. The van der Waals surface area contributed by atoms with E-state index < -0.39 is 35.2 Å². The van der Waals surface area contributed by atoms with E-state index in [-0.39, 0.29) is 18.9 Å². The van der Waals surface area contributed by atoms with E-state index in [0.29, 0.717) is 49.1 Å². The molecule has 2 aliphatic heterocycles. The predicted molar refractivity (Wildman–Crippen MR) is 174 cm³/mol. The maximum atomic E-state index is 13.8. The Kier molecular flexibility index (Phi) is 11.0. The molecule has 1 fully saturated rings. The molecule has 0 bridgehead atoms. The van der Waals surface area contributed by atoms with E-state index in [9.17, 15) is 19.8 Å². The molecular weight excluding hydrogens is 592 g/mol. The largest absolute Gasteiger partial charge is 0.481 e. The SMILES string of the molecule is CC1=NC(COCCN2CCOCC2)C(CCC(c2ccccc2)c2ccccc2)(C(=O)O)C(c2cccc(Cl)c2)C1C(=O)O. The first-order chi connectivity index (χ1) is 21.8. The van der Waals surface area contributed by atoms with Crippen LogP contribution in [-0.2, 0) is 19.1 Å². The van der Waals surface area contributed by atoms with Crippen molar-refractivity contribution >= 4 is 29.3 Å². The third-order valence-electron chi connectivity index (χ3n) is 9.35. The van der Waals surface area contributed by atoms with Crippen molar-refractivity contribution < 1.29 is 29.3 Å². The number of aliphatic imine (C=N–C) groups is 1. The Morgan fingerprint density at radius 3 is 2.22 bits per heavy atom. The Morgan fingerprint density at radius 1 is 1.00 bits per heavy atom. The van der Waals surface area contributed by atoms with Crippen LogP contribution < -0.4 is 0 Å². The molecule has 8 nitrogen and oxygen atoms in total. The maximum Gasteiger partial charge on any atom is 0.312 e. The van der Waals surface area contributed by atoms with Crippen molar-refractivity contribution in [2.75, 3.05) is 46.1 Å². The summed E-state index contributed by atoms with van der Waals surface area (Å²) in [6.45, 7) is 5.83. The van der Waals surface area contributed by atoms with Gasteiger partial charge in [-0.2, -0.15) is 0 Å². The molecule has 0 aromatic heterocycles. The maximum absolute atomic E-state index is 13.8. The molecule has 0 radical (unpaired) electrons. The van der Waals surface area contributed by atoms with E-state index in [1.165, 1.54) is 0 Å². The van der Waals surface area contributed by atoms with Gasteiger partial charge in [-0.3, -0.25) is 19.5 Å². The Labute approximate surface area is 269 Å². The van der Waals surface area contributed by atoms with Gasteiger partial charge in [-0.05, 0) is 48.6 Å². The van der Waals surface area contributed by atoms with Crippen LogP contribution in [-0.4, -0.2) is 84.9 Å². The summed E-state index contributed by atoms with van der Waals surface area (Å²) in [6.07, 6.45) is 0.634. The van der Waals surface area contributed by atoms with Crippen molar-refractivity contribution in [3.63, 3.8) is 0 Å². The van der Waals surface area contributed by atoms with Crippen LogP contribution in [0.25, 0.3) is 0 Å². The number of benzene rings is 3. The summed E-state index contributed by atoms with van der Waals surface area (Å²) >= 11 is 6.44. The summed E-state index contributed by atoms with van der Waals surface area (Å²) in [6, 6.07) is 26.2. The second kappa shape index (κ2) is 15.1. The van der Waals surface area contributed by atoms with Crippen LogP contribution in [0.4, 0.5) is 0 Å². The molecule has 0 saturated carbocycles. The van der Waals surface area contributed by atoms with E-state index in [0.717, 1.165) is 24.2 Å². The zero-order valence-corrected chi connectivity index (χ0v) is 26.3. The van der Waals surface area contributed by atoms with Gasteiger partial charge < -0.3 is 19.7 Å². The topological polar surface area (TPSA) is 109 Å². The molecule has 3 aromatic rings. The van der Waals surface area contributed by atoms with E-state index in [1.807, 2.05) is 36.4 Å². The highest BCUT2D eigenvalue weighted by molar-refractivity contribution is 6.30. The quantitative estimate of drug-likeness (QED) is 0.223. The lowest BCUT2D eigenvalue weighted by atomic mass is 9.57. The van der Waals surface area contributed by atoms with Crippen LogP contribution in [0.5, 0.6) is 0 Å². The van der Waals surface area contributed by atoms with Gasteiger partial charge in [-0.15, -0.1) is 0 Å². The molecule has 0 spiro atoms. The van der Waals surface area contributed by atoms with Crippen LogP contribution >= 0.6 is 11.6 Å². The van der Waals surface area contributed by atoms with Crippen molar-refractivity contribution in [1.29, 1.82) is 0 Å². The molecule has 5 rings (SSSR count). The average molecular weight is 633 g/mol. The van der Waals surface area contributed by atoms with Crippen molar-refractivity contribution in [3.8, 4) is 0 Å². The fourth-order valence-corrected chi connectivity index (χ4v) is 7.28. The molecule has 45 heavy (non-hydrogen) atoms. The number of hydrogen-bond donors (Lipinski definition) is 2. The summed E-state index contributed by atoms with van der Waals surface area (Å²) in [4.78, 5) is 33.8. The number of rotatable bonds is 13. The molecule has 9 heteroatoms. The number of nitrogens with zero attached hydrogens (tertiary/aromatic N) is 2. The zero-order chi connectivity index (χ0) is 31.8. The second-order valence-electron chi connectivity index (χ2n) is 11.9. The van der Waals surface area contributed by atoms with Crippen LogP contribution in [0.15, 0.2) is 89.9 Å². The van der Waals surface area contributed by atoms with E-state index in [1.54, 1.807) is 31.2 Å². The van der Waals surface area contributed by atoms with Gasteiger partial charge in [0.2, 0.25) is 0 Å². The van der Waals surface area contributed by atoms with Gasteiger partial charge >= 0.3 is 11.9 Å². The number of hydrogen-bond acceptors (Lipinski definition) is 6. The number of halogens is 1. The Hall–Kier alpha value is -3.56. The molecule has 3 aromatic carbocycles. The van der Waals surface area contributed by atoms with Gasteiger partial charge in [-0.25, -0.2) is 0 Å². The summed E-state index contributed by atoms with van der Waals surface area (Å²) < 4.78 is 11.6. The molecule has 2 heterocycles. The molecular formula is C36H41ClN2O6. The number of ether oxygens (including phenoxy) is 2. The zero-order valence-electron chi connectivity index (χ0n) is 25.6. The molecule has 4 unspecified atom stereocenters. The van der Waals surface area contributed by atoms with Crippen molar-refractivity contribution in [2.24, 2.45) is 16.3 Å². The third-order valence-corrected chi connectivity index (χ3v) is 9.58. The van der Waals surface area contributed by atoms with Gasteiger partial charge in [0.15, 0.2) is 0 Å². The van der Waals surface area contributed by atoms with Crippen LogP contribution in [0.3, 0.4) is 0 Å². The minimum Gasteiger partial charge on any atom is -0.481 e. The van der Waals surface area contributed by atoms with Crippen LogP contribution in [0.2, 0.25) is 5.02 Å². The summed E-state index contributed by atoms with van der Waals surface area (Å²) in [7, 11) is 0. The van der Waals surface area contributed by atoms with Gasteiger partial charge in [0.25, 0.3) is 0 Å². The molecule has 4 atom stereocenters. The molecule has 2 aliphatic rings. The third kappa shape index (κ3) is 7.47. The van der Waals surface area contributed by atoms with Crippen molar-refractivity contribution in [2.45, 2.75) is 37.6 Å². The molecule has 0 aliphatic carbocycles. The van der Waals surface area contributed by atoms with Gasteiger partial charge in [0.05, 0.1) is 32.5 Å². The standard InChI is InChI=1S/C36H41ClN2O6/c1-25-32(34(40)41)33(28-13-8-14-29(37)23-28)36(35(42)43,31(38-25)24-45-22-19-39-17-20-44-21-18-39)16-15-30(26-9-4-2-5-10-26)27-11-6-3-7-12-27/h2-14,23,30-33H,15-22,24H2,1H3,(H,40,41)(H,42,43). The van der Waals surface area contributed by atoms with E-state index in [2.05, 4.69) is 29.2 Å². The fourth-order valence-electron chi connectivity index (χ4n) is 7.08. The number of carboxylic acids is 2. The molecule has 238 valence electrons. The second-order valence-corrected chi connectivity index (χ2v) is 12.4. The highest BCUT2D eigenvalue weighted by atomic mass is 35.5. The van der Waals surface area contributed by atoms with E-state index in [4.69, 9.17) is 26.1 Å². The average Bonchev–Trinajstić information content (AvgIpc) is 3.05. The Balaban J connectivity index is 1.55. The highest BCUT2D eigenvalue weighted by Crippen LogP contribution is 2.53. The van der Waals surface area contributed by atoms with Crippen molar-refractivity contribution in [3.05, 3.63) is 107 Å².